The van der Waals surface area contributed by atoms with Crippen LogP contribution in [0.3, 0.4) is 0 Å². The van der Waals surface area contributed by atoms with Gasteiger partial charge in [-0.3, -0.25) is 4.79 Å². The van der Waals surface area contributed by atoms with Crippen molar-refractivity contribution in [1.82, 2.24) is 9.62 Å². The van der Waals surface area contributed by atoms with Crippen molar-refractivity contribution in [2.45, 2.75) is 69.6 Å². The van der Waals surface area contributed by atoms with E-state index in [1.807, 2.05) is 0 Å². The Kier molecular flexibility index (Phi) is 9.25. The molecule has 0 aromatic heterocycles. The fraction of sp³-hybridized carbons (Fsp3) is 0.667. The lowest BCUT2D eigenvalue weighted by Gasteiger charge is -2.18. The highest BCUT2D eigenvalue weighted by Gasteiger charge is 2.30. The molecule has 1 amide bonds. The van der Waals surface area contributed by atoms with E-state index in [1.54, 1.807) is 12.1 Å². The summed E-state index contributed by atoms with van der Waals surface area (Å²) in [6, 6.07) is 4.61. The number of rotatable bonds is 12. The number of carbonyl (C=O) groups excluding carboxylic acids is 1. The third-order valence-electron chi connectivity index (χ3n) is 5.17. The van der Waals surface area contributed by atoms with Crippen LogP contribution in [0.5, 0.6) is 5.75 Å². The summed E-state index contributed by atoms with van der Waals surface area (Å²) in [5, 5.41) is 2.90. The number of carbonyl (C=O) groups is 1. The predicted octanol–water partition coefficient (Wildman–Crippen LogP) is 3.96. The SMILES string of the molecule is CCCCCCCCCNC(=O)c1ccc(OC)c(S(=O)(=O)N2CCCC2)c1. The second-order valence-electron chi connectivity index (χ2n) is 7.35. The van der Waals surface area contributed by atoms with Gasteiger partial charge in [0.2, 0.25) is 10.0 Å². The van der Waals surface area contributed by atoms with Gasteiger partial charge < -0.3 is 10.1 Å². The number of sulfonamides is 1. The topological polar surface area (TPSA) is 75.7 Å². The fourth-order valence-electron chi connectivity index (χ4n) is 3.47. The van der Waals surface area contributed by atoms with Crippen molar-refractivity contribution in [3.05, 3.63) is 23.8 Å². The molecule has 1 fully saturated rings. The molecule has 7 heteroatoms. The van der Waals surface area contributed by atoms with Gasteiger partial charge in [0.05, 0.1) is 7.11 Å². The fourth-order valence-corrected chi connectivity index (χ4v) is 5.17. The number of hydrogen-bond acceptors (Lipinski definition) is 4. The van der Waals surface area contributed by atoms with Gasteiger partial charge >= 0.3 is 0 Å². The molecule has 28 heavy (non-hydrogen) atoms. The normalized spacial score (nSPS) is 14.9. The van der Waals surface area contributed by atoms with Crippen molar-refractivity contribution in [3.63, 3.8) is 0 Å². The Bertz CT molecular complexity index is 728. The summed E-state index contributed by atoms with van der Waals surface area (Å²) in [6.07, 6.45) is 10.0. The summed E-state index contributed by atoms with van der Waals surface area (Å²) in [4.78, 5) is 12.5. The molecule has 0 bridgehead atoms. The number of amides is 1. The van der Waals surface area contributed by atoms with E-state index in [-0.39, 0.29) is 16.6 Å². The molecule has 0 spiro atoms. The average Bonchev–Trinajstić information content (AvgIpc) is 3.25. The summed E-state index contributed by atoms with van der Waals surface area (Å²) in [7, 11) is -2.21. The Morgan fingerprint density at radius 3 is 2.36 bits per heavy atom. The third-order valence-corrected chi connectivity index (χ3v) is 7.09. The number of hydrogen-bond donors (Lipinski definition) is 1. The summed E-state index contributed by atoms with van der Waals surface area (Å²) in [6.45, 7) is 3.84. The van der Waals surface area contributed by atoms with Crippen molar-refractivity contribution in [2.75, 3.05) is 26.7 Å². The van der Waals surface area contributed by atoms with Crippen LogP contribution in [0, 0.1) is 0 Å². The van der Waals surface area contributed by atoms with E-state index >= 15 is 0 Å². The third kappa shape index (κ3) is 6.21. The molecule has 2 rings (SSSR count). The van der Waals surface area contributed by atoms with Crippen molar-refractivity contribution in [3.8, 4) is 5.75 Å². The molecule has 0 saturated carbocycles. The molecule has 1 aliphatic rings. The van der Waals surface area contributed by atoms with Crippen LogP contribution in [0.15, 0.2) is 23.1 Å². The predicted molar refractivity (Wildman–Crippen MR) is 111 cm³/mol. The molecule has 1 aromatic carbocycles. The molecule has 1 heterocycles. The minimum atomic E-state index is -3.65. The first-order valence-electron chi connectivity index (χ1n) is 10.5. The first kappa shape index (κ1) is 22.7. The Labute approximate surface area is 169 Å². The van der Waals surface area contributed by atoms with Gasteiger partial charge in [0.15, 0.2) is 0 Å². The zero-order valence-electron chi connectivity index (χ0n) is 17.2. The van der Waals surface area contributed by atoms with E-state index in [2.05, 4.69) is 12.2 Å². The highest BCUT2D eigenvalue weighted by molar-refractivity contribution is 7.89. The van der Waals surface area contributed by atoms with Gasteiger partial charge in [0.1, 0.15) is 10.6 Å². The second kappa shape index (κ2) is 11.4. The highest BCUT2D eigenvalue weighted by atomic mass is 32.2. The first-order chi connectivity index (χ1) is 13.5. The number of methoxy groups -OCH3 is 1. The molecule has 1 saturated heterocycles. The lowest BCUT2D eigenvalue weighted by molar-refractivity contribution is 0.0952. The van der Waals surface area contributed by atoms with Crippen LogP contribution in [-0.4, -0.2) is 45.4 Å². The number of nitrogens with zero attached hydrogens (tertiary/aromatic N) is 1. The van der Waals surface area contributed by atoms with Crippen LogP contribution >= 0.6 is 0 Å². The van der Waals surface area contributed by atoms with E-state index in [0.29, 0.717) is 25.2 Å². The molecule has 0 atom stereocenters. The molecular formula is C21H34N2O4S. The van der Waals surface area contributed by atoms with Gasteiger partial charge in [0, 0.05) is 25.2 Å². The zero-order valence-corrected chi connectivity index (χ0v) is 18.0. The van der Waals surface area contributed by atoms with Crippen LogP contribution < -0.4 is 10.1 Å². The maximum absolute atomic E-state index is 12.9. The summed E-state index contributed by atoms with van der Waals surface area (Å²) >= 11 is 0. The van der Waals surface area contributed by atoms with Gasteiger partial charge in [-0.2, -0.15) is 4.31 Å². The largest absolute Gasteiger partial charge is 0.495 e. The minimum absolute atomic E-state index is 0.0699. The summed E-state index contributed by atoms with van der Waals surface area (Å²) < 4.78 is 32.5. The number of nitrogens with one attached hydrogen (secondary N) is 1. The van der Waals surface area contributed by atoms with Crippen molar-refractivity contribution >= 4 is 15.9 Å². The van der Waals surface area contributed by atoms with Crippen LogP contribution in [0.2, 0.25) is 0 Å². The van der Waals surface area contributed by atoms with Gasteiger partial charge in [-0.15, -0.1) is 0 Å². The second-order valence-corrected chi connectivity index (χ2v) is 9.26. The van der Waals surface area contributed by atoms with Crippen LogP contribution in [-0.2, 0) is 10.0 Å². The smallest absolute Gasteiger partial charge is 0.251 e. The van der Waals surface area contributed by atoms with Crippen molar-refractivity contribution < 1.29 is 17.9 Å². The molecule has 1 aromatic rings. The van der Waals surface area contributed by atoms with Gasteiger partial charge in [0.25, 0.3) is 5.91 Å². The molecular weight excluding hydrogens is 376 g/mol. The van der Waals surface area contributed by atoms with E-state index < -0.39 is 10.0 Å². The first-order valence-corrected chi connectivity index (χ1v) is 11.9. The van der Waals surface area contributed by atoms with Crippen LogP contribution in [0.1, 0.15) is 75.1 Å². The lowest BCUT2D eigenvalue weighted by Crippen LogP contribution is -2.29. The van der Waals surface area contributed by atoms with Crippen LogP contribution in [0.25, 0.3) is 0 Å². The van der Waals surface area contributed by atoms with Gasteiger partial charge in [-0.1, -0.05) is 45.4 Å². The molecule has 0 radical (unpaired) electrons. The Morgan fingerprint density at radius 1 is 1.07 bits per heavy atom. The minimum Gasteiger partial charge on any atom is -0.495 e. The van der Waals surface area contributed by atoms with Crippen molar-refractivity contribution in [1.29, 1.82) is 0 Å². The quantitative estimate of drug-likeness (QED) is 0.529. The lowest BCUT2D eigenvalue weighted by atomic mass is 10.1. The van der Waals surface area contributed by atoms with Gasteiger partial charge in [-0.25, -0.2) is 8.42 Å². The van der Waals surface area contributed by atoms with Gasteiger partial charge in [-0.05, 0) is 37.5 Å². The van der Waals surface area contributed by atoms with E-state index in [0.717, 1.165) is 25.7 Å². The monoisotopic (exact) mass is 410 g/mol. The molecule has 6 nitrogen and oxygen atoms in total. The Morgan fingerprint density at radius 2 is 1.71 bits per heavy atom. The Balaban J connectivity index is 1.93. The molecule has 1 N–H and O–H groups in total. The maximum Gasteiger partial charge on any atom is 0.251 e. The van der Waals surface area contributed by atoms with Crippen LogP contribution in [0.4, 0.5) is 0 Å². The maximum atomic E-state index is 12.9. The zero-order chi connectivity index (χ0) is 20.4. The number of ether oxygens (including phenoxy) is 1. The molecule has 1 aliphatic heterocycles. The number of unbranched alkanes of at least 4 members (excludes halogenated alkanes) is 6. The summed E-state index contributed by atoms with van der Waals surface area (Å²) in [5.41, 5.74) is 0.349. The van der Waals surface area contributed by atoms with E-state index in [9.17, 15) is 13.2 Å². The molecule has 0 unspecified atom stereocenters. The highest BCUT2D eigenvalue weighted by Crippen LogP contribution is 2.29. The molecule has 0 aliphatic carbocycles. The Hall–Kier alpha value is -1.60. The van der Waals surface area contributed by atoms with E-state index in [1.165, 1.54) is 49.6 Å². The average molecular weight is 411 g/mol. The molecule has 158 valence electrons. The van der Waals surface area contributed by atoms with E-state index in [4.69, 9.17) is 4.74 Å². The standard InChI is InChI=1S/C21H34N2O4S/c1-3-4-5-6-7-8-9-14-22-21(24)18-12-13-19(27-2)20(17-18)28(25,26)23-15-10-11-16-23/h12-13,17H,3-11,14-16H2,1-2H3,(H,22,24). The van der Waals surface area contributed by atoms with Crippen molar-refractivity contribution in [2.24, 2.45) is 0 Å². The number of benzene rings is 1. The summed E-state index contributed by atoms with van der Waals surface area (Å²) in [5.74, 6) is 0.0297.